The summed E-state index contributed by atoms with van der Waals surface area (Å²) in [4.78, 5) is 13.5. The van der Waals surface area contributed by atoms with E-state index in [1.165, 1.54) is 0 Å². The van der Waals surface area contributed by atoms with Crippen LogP contribution in [0.3, 0.4) is 0 Å². The molecule has 0 aliphatic rings. The Kier molecular flexibility index (Phi) is 7.21. The van der Waals surface area contributed by atoms with Gasteiger partial charge in [-0.1, -0.05) is 104 Å². The van der Waals surface area contributed by atoms with E-state index in [9.17, 15) is 0 Å². The quantitative estimate of drug-likeness (QED) is 0.282. The molecule has 0 fully saturated rings. The first-order chi connectivity index (χ1) is 15.7. The summed E-state index contributed by atoms with van der Waals surface area (Å²) in [5, 5.41) is 0.203. The lowest BCUT2D eigenvalue weighted by Crippen LogP contribution is -2.00. The van der Waals surface area contributed by atoms with Crippen LogP contribution < -0.4 is 0 Å². The normalized spacial score (nSPS) is 11.8. The van der Waals surface area contributed by atoms with Crippen molar-refractivity contribution in [1.29, 1.82) is 0 Å². The minimum atomic E-state index is 0.203. The number of hydrogen-bond acceptors (Lipinski definition) is 3. The maximum atomic E-state index is 6.28. The zero-order valence-corrected chi connectivity index (χ0v) is 18.7. The molecule has 32 heavy (non-hydrogen) atoms. The molecule has 0 saturated carbocycles. The average molecular weight is 438 g/mol. The molecule has 0 spiro atoms. The number of benzene rings is 3. The minimum Gasteiger partial charge on any atom is -0.213 e. The third-order valence-corrected chi connectivity index (χ3v) is 5.20. The second kappa shape index (κ2) is 10.7. The number of halogens is 1. The molecule has 0 N–H and O–H groups in total. The lowest BCUT2D eigenvalue weighted by Gasteiger charge is -2.07. The SMILES string of the molecule is CC/C=C\C(=C/Cc1nc(Cl)nc(-c2cccc(-c3ccccc3)c2)n1)c1ccccc1. The zero-order valence-electron chi connectivity index (χ0n) is 17.9. The first-order valence-electron chi connectivity index (χ1n) is 10.7. The van der Waals surface area contributed by atoms with E-state index in [0.717, 1.165) is 34.2 Å². The molecule has 1 heterocycles. The van der Waals surface area contributed by atoms with E-state index in [-0.39, 0.29) is 5.28 Å². The van der Waals surface area contributed by atoms with Crippen LogP contribution in [0.15, 0.2) is 103 Å². The van der Waals surface area contributed by atoms with Crippen molar-refractivity contribution < 1.29 is 0 Å². The molecular formula is C28H24ClN3. The highest BCUT2D eigenvalue weighted by Gasteiger charge is 2.09. The highest BCUT2D eigenvalue weighted by atomic mass is 35.5. The molecule has 4 heteroatoms. The summed E-state index contributed by atoms with van der Waals surface area (Å²) in [7, 11) is 0. The summed E-state index contributed by atoms with van der Waals surface area (Å²) in [5.41, 5.74) is 5.46. The molecule has 0 unspecified atom stereocenters. The molecule has 3 nitrogen and oxygen atoms in total. The van der Waals surface area contributed by atoms with Gasteiger partial charge in [-0.15, -0.1) is 0 Å². The van der Waals surface area contributed by atoms with E-state index in [2.05, 4.69) is 71.5 Å². The van der Waals surface area contributed by atoms with Crippen LogP contribution in [0.2, 0.25) is 5.28 Å². The Hall–Kier alpha value is -3.56. The number of nitrogens with zero attached hydrogens (tertiary/aromatic N) is 3. The van der Waals surface area contributed by atoms with Gasteiger partial charge in [0.15, 0.2) is 5.82 Å². The van der Waals surface area contributed by atoms with Crippen molar-refractivity contribution in [2.24, 2.45) is 0 Å². The van der Waals surface area contributed by atoms with E-state index in [4.69, 9.17) is 16.6 Å². The van der Waals surface area contributed by atoms with Crippen molar-refractivity contribution in [1.82, 2.24) is 15.0 Å². The maximum absolute atomic E-state index is 6.28. The highest BCUT2D eigenvalue weighted by molar-refractivity contribution is 6.28. The van der Waals surface area contributed by atoms with Crippen LogP contribution in [-0.2, 0) is 6.42 Å². The summed E-state index contributed by atoms with van der Waals surface area (Å²) in [6, 6.07) is 28.7. The number of rotatable bonds is 7. The molecule has 0 aliphatic carbocycles. The molecule has 0 aliphatic heterocycles. The average Bonchev–Trinajstić information content (AvgIpc) is 2.85. The molecular weight excluding hydrogens is 414 g/mol. The van der Waals surface area contributed by atoms with Crippen molar-refractivity contribution in [2.75, 3.05) is 0 Å². The van der Waals surface area contributed by atoms with E-state index < -0.39 is 0 Å². The smallest absolute Gasteiger partial charge is 0.213 e. The van der Waals surface area contributed by atoms with Gasteiger partial charge in [0.2, 0.25) is 5.28 Å². The van der Waals surface area contributed by atoms with Crippen molar-refractivity contribution in [3.8, 4) is 22.5 Å². The standard InChI is InChI=1S/C28H24ClN3/c1-2-3-11-23(21-12-6-4-7-13-21)18-19-26-30-27(32-28(29)31-26)25-17-10-16-24(20-25)22-14-8-5-9-15-22/h3-18,20H,2,19H2,1H3/b11-3-,23-18+. The predicted molar refractivity (Wildman–Crippen MR) is 133 cm³/mol. The van der Waals surface area contributed by atoms with Gasteiger partial charge in [0.1, 0.15) is 5.82 Å². The first-order valence-corrected chi connectivity index (χ1v) is 11.1. The Morgan fingerprint density at radius 1 is 0.781 bits per heavy atom. The van der Waals surface area contributed by atoms with Crippen molar-refractivity contribution in [3.63, 3.8) is 0 Å². The highest BCUT2D eigenvalue weighted by Crippen LogP contribution is 2.25. The number of allylic oxidation sites excluding steroid dienone is 4. The van der Waals surface area contributed by atoms with Gasteiger partial charge in [0.05, 0.1) is 0 Å². The van der Waals surface area contributed by atoms with E-state index in [1.54, 1.807) is 0 Å². The van der Waals surface area contributed by atoms with Crippen molar-refractivity contribution >= 4 is 17.2 Å². The van der Waals surface area contributed by atoms with Crippen molar-refractivity contribution in [3.05, 3.63) is 120 Å². The molecule has 0 bridgehead atoms. The molecule has 0 saturated heterocycles. The molecule has 4 aromatic rings. The van der Waals surface area contributed by atoms with E-state index in [1.807, 2.05) is 48.5 Å². The molecule has 1 aromatic heterocycles. The largest absolute Gasteiger partial charge is 0.226 e. The van der Waals surface area contributed by atoms with Gasteiger partial charge in [0, 0.05) is 12.0 Å². The van der Waals surface area contributed by atoms with Crippen LogP contribution in [0.4, 0.5) is 0 Å². The molecule has 0 amide bonds. The molecule has 0 atom stereocenters. The topological polar surface area (TPSA) is 38.7 Å². The third kappa shape index (κ3) is 5.57. The Labute approximate surface area is 194 Å². The Morgan fingerprint density at radius 2 is 1.47 bits per heavy atom. The summed E-state index contributed by atoms with van der Waals surface area (Å²) in [6.45, 7) is 2.13. The van der Waals surface area contributed by atoms with Gasteiger partial charge < -0.3 is 0 Å². The zero-order chi connectivity index (χ0) is 22.2. The number of hydrogen-bond donors (Lipinski definition) is 0. The Balaban J connectivity index is 1.65. The minimum absolute atomic E-state index is 0.203. The monoisotopic (exact) mass is 437 g/mol. The van der Waals surface area contributed by atoms with Crippen LogP contribution in [0.25, 0.3) is 28.1 Å². The molecule has 4 rings (SSSR count). The van der Waals surface area contributed by atoms with E-state index >= 15 is 0 Å². The lowest BCUT2D eigenvalue weighted by molar-refractivity contribution is 0.941. The van der Waals surface area contributed by atoms with Crippen LogP contribution in [0.1, 0.15) is 24.7 Å². The fraction of sp³-hybridized carbons (Fsp3) is 0.107. The number of aromatic nitrogens is 3. The van der Waals surface area contributed by atoms with Crippen LogP contribution in [0.5, 0.6) is 0 Å². The third-order valence-electron chi connectivity index (χ3n) is 5.03. The van der Waals surface area contributed by atoms with Crippen LogP contribution in [-0.4, -0.2) is 15.0 Å². The van der Waals surface area contributed by atoms with Gasteiger partial charge in [-0.2, -0.15) is 4.98 Å². The van der Waals surface area contributed by atoms with Crippen LogP contribution >= 0.6 is 11.6 Å². The van der Waals surface area contributed by atoms with Gasteiger partial charge in [-0.3, -0.25) is 0 Å². The maximum Gasteiger partial charge on any atom is 0.226 e. The fourth-order valence-electron chi connectivity index (χ4n) is 3.44. The molecule has 3 aromatic carbocycles. The van der Waals surface area contributed by atoms with Gasteiger partial charge in [-0.25, -0.2) is 9.97 Å². The summed E-state index contributed by atoms with van der Waals surface area (Å²) in [5.74, 6) is 1.22. The summed E-state index contributed by atoms with van der Waals surface area (Å²) >= 11 is 6.28. The van der Waals surface area contributed by atoms with Crippen LogP contribution in [0, 0.1) is 0 Å². The van der Waals surface area contributed by atoms with Gasteiger partial charge >= 0.3 is 0 Å². The molecule has 158 valence electrons. The van der Waals surface area contributed by atoms with E-state index in [0.29, 0.717) is 18.1 Å². The van der Waals surface area contributed by atoms with Gasteiger partial charge in [-0.05, 0) is 46.4 Å². The molecule has 0 radical (unpaired) electrons. The van der Waals surface area contributed by atoms with Crippen molar-refractivity contribution in [2.45, 2.75) is 19.8 Å². The van der Waals surface area contributed by atoms with Gasteiger partial charge in [0.25, 0.3) is 0 Å². The second-order valence-electron chi connectivity index (χ2n) is 7.33. The fourth-order valence-corrected chi connectivity index (χ4v) is 3.62. The summed E-state index contributed by atoms with van der Waals surface area (Å²) < 4.78 is 0. The predicted octanol–water partition coefficient (Wildman–Crippen LogP) is 7.45. The second-order valence-corrected chi connectivity index (χ2v) is 7.67. The summed E-state index contributed by atoms with van der Waals surface area (Å²) in [6.07, 6.45) is 7.97. The Morgan fingerprint density at radius 3 is 2.22 bits per heavy atom. The lowest BCUT2D eigenvalue weighted by atomic mass is 10.0. The first kappa shape index (κ1) is 21.7. The Bertz CT molecular complexity index is 1230.